The number of carbonyl (C=O) groups is 1. The van der Waals surface area contributed by atoms with Crippen LogP contribution < -0.4 is 5.32 Å². The Morgan fingerprint density at radius 2 is 2.15 bits per heavy atom. The van der Waals surface area contributed by atoms with E-state index in [2.05, 4.69) is 35.0 Å². The normalized spacial score (nSPS) is 11.9. The first-order chi connectivity index (χ1) is 9.44. The molecule has 1 heterocycles. The van der Waals surface area contributed by atoms with Gasteiger partial charge in [0.05, 0.1) is 0 Å². The predicted molar refractivity (Wildman–Crippen MR) is 85.1 cm³/mol. The van der Waals surface area contributed by atoms with Crippen LogP contribution in [0, 0.1) is 0 Å². The maximum Gasteiger partial charge on any atom is 0.407 e. The van der Waals surface area contributed by atoms with Gasteiger partial charge in [-0.2, -0.15) is 0 Å². The highest BCUT2D eigenvalue weighted by molar-refractivity contribution is 7.17. The minimum Gasteiger partial charge on any atom is -0.444 e. The van der Waals surface area contributed by atoms with Gasteiger partial charge in [-0.1, -0.05) is 18.2 Å². The molecule has 0 atom stereocenters. The highest BCUT2D eigenvalue weighted by atomic mass is 32.1. The van der Waals surface area contributed by atoms with E-state index in [0.717, 1.165) is 5.56 Å². The third-order valence-corrected chi connectivity index (χ3v) is 3.45. The molecule has 4 heteroatoms. The van der Waals surface area contributed by atoms with Crippen molar-refractivity contribution >= 4 is 33.6 Å². The molecule has 0 aliphatic rings. The van der Waals surface area contributed by atoms with E-state index in [0.29, 0.717) is 6.54 Å². The fourth-order valence-corrected chi connectivity index (χ4v) is 2.51. The van der Waals surface area contributed by atoms with E-state index in [1.807, 2.05) is 32.9 Å². The largest absolute Gasteiger partial charge is 0.444 e. The van der Waals surface area contributed by atoms with Crippen LogP contribution in [-0.2, 0) is 4.74 Å². The van der Waals surface area contributed by atoms with Crippen molar-refractivity contribution in [3.8, 4) is 0 Å². The Hall–Kier alpha value is -1.81. The van der Waals surface area contributed by atoms with E-state index in [-0.39, 0.29) is 0 Å². The lowest BCUT2D eigenvalue weighted by molar-refractivity contribution is 0.0534. The maximum absolute atomic E-state index is 11.4. The lowest BCUT2D eigenvalue weighted by Crippen LogP contribution is -2.32. The number of amides is 1. The number of hydrogen-bond donors (Lipinski definition) is 1. The minimum atomic E-state index is -0.461. The Morgan fingerprint density at radius 1 is 1.35 bits per heavy atom. The molecule has 1 aromatic carbocycles. The van der Waals surface area contributed by atoms with Crippen molar-refractivity contribution in [2.24, 2.45) is 0 Å². The summed E-state index contributed by atoms with van der Waals surface area (Å²) in [5.41, 5.74) is 0.666. The number of benzene rings is 1. The number of alkyl carbamates (subject to hydrolysis) is 1. The van der Waals surface area contributed by atoms with Crippen molar-refractivity contribution in [2.45, 2.75) is 26.4 Å². The van der Waals surface area contributed by atoms with Crippen LogP contribution in [0.25, 0.3) is 16.2 Å². The van der Waals surface area contributed by atoms with E-state index in [9.17, 15) is 4.79 Å². The van der Waals surface area contributed by atoms with Crippen LogP contribution in [0.5, 0.6) is 0 Å². The van der Waals surface area contributed by atoms with Crippen LogP contribution in [0.15, 0.2) is 35.7 Å². The molecule has 2 rings (SSSR count). The molecule has 1 N–H and O–H groups in total. The quantitative estimate of drug-likeness (QED) is 0.907. The first kappa shape index (κ1) is 14.6. The summed E-state index contributed by atoms with van der Waals surface area (Å²) in [5.74, 6) is 0. The van der Waals surface area contributed by atoms with Crippen LogP contribution >= 0.6 is 11.3 Å². The molecule has 0 saturated carbocycles. The van der Waals surface area contributed by atoms with Crippen molar-refractivity contribution in [3.05, 3.63) is 41.3 Å². The predicted octanol–water partition coefficient (Wildman–Crippen LogP) is 4.44. The Morgan fingerprint density at radius 3 is 2.90 bits per heavy atom. The van der Waals surface area contributed by atoms with Crippen LogP contribution in [0.4, 0.5) is 4.79 Å². The number of fused-ring (bicyclic) bond motifs is 1. The Labute approximate surface area is 123 Å². The van der Waals surface area contributed by atoms with Gasteiger partial charge in [0, 0.05) is 11.2 Å². The van der Waals surface area contributed by atoms with Crippen LogP contribution in [0.3, 0.4) is 0 Å². The summed E-state index contributed by atoms with van der Waals surface area (Å²) in [6.07, 6.45) is 3.52. The first-order valence-electron chi connectivity index (χ1n) is 6.55. The zero-order valence-electron chi connectivity index (χ0n) is 12.0. The summed E-state index contributed by atoms with van der Waals surface area (Å²) >= 11 is 1.74. The number of thiophene rings is 1. The zero-order valence-corrected chi connectivity index (χ0v) is 12.8. The molecule has 0 unspecified atom stereocenters. The van der Waals surface area contributed by atoms with Crippen molar-refractivity contribution < 1.29 is 9.53 Å². The van der Waals surface area contributed by atoms with E-state index in [1.54, 1.807) is 11.3 Å². The Balaban J connectivity index is 1.85. The first-order valence-corrected chi connectivity index (χ1v) is 7.43. The number of nitrogens with one attached hydrogen (secondary N) is 1. The van der Waals surface area contributed by atoms with Crippen molar-refractivity contribution in [1.82, 2.24) is 5.32 Å². The molecule has 0 saturated heterocycles. The molecule has 0 aliphatic heterocycles. The van der Waals surface area contributed by atoms with Gasteiger partial charge in [-0.05, 0) is 55.3 Å². The van der Waals surface area contributed by atoms with Crippen molar-refractivity contribution in [2.75, 3.05) is 6.54 Å². The molecular formula is C16H19NO2S. The Kier molecular flexibility index (Phi) is 4.45. The van der Waals surface area contributed by atoms with Crippen LogP contribution in [0.1, 0.15) is 26.3 Å². The van der Waals surface area contributed by atoms with E-state index in [4.69, 9.17) is 4.74 Å². The van der Waals surface area contributed by atoms with Crippen LogP contribution in [0.2, 0.25) is 0 Å². The zero-order chi connectivity index (χ0) is 14.6. The molecule has 1 amide bonds. The highest BCUT2D eigenvalue weighted by Gasteiger charge is 2.14. The number of rotatable bonds is 3. The molecule has 106 valence electrons. The van der Waals surface area contributed by atoms with Crippen LogP contribution in [-0.4, -0.2) is 18.2 Å². The maximum atomic E-state index is 11.4. The monoisotopic (exact) mass is 289 g/mol. The summed E-state index contributed by atoms with van der Waals surface area (Å²) < 4.78 is 6.44. The number of carbonyl (C=O) groups excluding carboxylic acids is 1. The molecule has 3 nitrogen and oxygen atoms in total. The fourth-order valence-electron chi connectivity index (χ4n) is 1.74. The molecule has 0 radical (unpaired) electrons. The molecular weight excluding hydrogens is 270 g/mol. The van der Waals surface area contributed by atoms with E-state index < -0.39 is 11.7 Å². The third kappa shape index (κ3) is 4.38. The van der Waals surface area contributed by atoms with Gasteiger partial charge in [0.2, 0.25) is 0 Å². The van der Waals surface area contributed by atoms with Gasteiger partial charge in [0.1, 0.15) is 5.60 Å². The molecule has 0 fully saturated rings. The second-order valence-electron chi connectivity index (χ2n) is 5.50. The molecule has 1 aromatic heterocycles. The Bertz CT molecular complexity index is 623. The van der Waals surface area contributed by atoms with Gasteiger partial charge >= 0.3 is 6.09 Å². The SMILES string of the molecule is CC(C)(C)OC(=O)NCC=Cc1ccc2sccc2c1. The fraction of sp³-hybridized carbons (Fsp3) is 0.312. The van der Waals surface area contributed by atoms with Crippen molar-refractivity contribution in [1.29, 1.82) is 0 Å². The summed E-state index contributed by atoms with van der Waals surface area (Å²) in [6.45, 7) is 5.99. The average molecular weight is 289 g/mol. The molecule has 2 aromatic rings. The molecule has 0 bridgehead atoms. The third-order valence-electron chi connectivity index (χ3n) is 2.55. The van der Waals surface area contributed by atoms with Gasteiger partial charge in [0.25, 0.3) is 0 Å². The summed E-state index contributed by atoms with van der Waals surface area (Å²) in [4.78, 5) is 11.4. The summed E-state index contributed by atoms with van der Waals surface area (Å²) in [6, 6.07) is 8.43. The lowest BCUT2D eigenvalue weighted by atomic mass is 10.1. The lowest BCUT2D eigenvalue weighted by Gasteiger charge is -2.19. The van der Waals surface area contributed by atoms with Gasteiger partial charge in [0.15, 0.2) is 0 Å². The van der Waals surface area contributed by atoms with Gasteiger partial charge in [-0.3, -0.25) is 0 Å². The van der Waals surface area contributed by atoms with E-state index >= 15 is 0 Å². The van der Waals surface area contributed by atoms with Gasteiger partial charge in [-0.25, -0.2) is 4.79 Å². The smallest absolute Gasteiger partial charge is 0.407 e. The molecule has 0 spiro atoms. The standard InChI is InChI=1S/C16H19NO2S/c1-16(2,3)19-15(18)17-9-4-5-12-6-7-14-13(11-12)8-10-20-14/h4-8,10-11H,9H2,1-3H3,(H,17,18). The average Bonchev–Trinajstić information content (AvgIpc) is 2.79. The second-order valence-corrected chi connectivity index (χ2v) is 6.45. The number of ether oxygens (including phenoxy) is 1. The minimum absolute atomic E-state index is 0.393. The van der Waals surface area contributed by atoms with Gasteiger partial charge in [-0.15, -0.1) is 11.3 Å². The van der Waals surface area contributed by atoms with Gasteiger partial charge < -0.3 is 10.1 Å². The topological polar surface area (TPSA) is 38.3 Å². The second kappa shape index (κ2) is 6.09. The van der Waals surface area contributed by atoms with Crippen molar-refractivity contribution in [3.63, 3.8) is 0 Å². The van der Waals surface area contributed by atoms with E-state index in [1.165, 1.54) is 10.1 Å². The molecule has 0 aliphatic carbocycles. The molecule has 20 heavy (non-hydrogen) atoms. The highest BCUT2D eigenvalue weighted by Crippen LogP contribution is 2.22. The summed E-state index contributed by atoms with van der Waals surface area (Å²) in [5, 5.41) is 6.03. The number of hydrogen-bond acceptors (Lipinski definition) is 3. The summed E-state index contributed by atoms with van der Waals surface area (Å²) in [7, 11) is 0.